The molecule has 0 spiro atoms. The number of hydrogen-bond acceptors (Lipinski definition) is 8. The van der Waals surface area contributed by atoms with Crippen molar-refractivity contribution in [3.8, 4) is 11.5 Å². The van der Waals surface area contributed by atoms with E-state index < -0.39 is 6.04 Å². The van der Waals surface area contributed by atoms with Crippen LogP contribution in [0.15, 0.2) is 47.7 Å². The average Bonchev–Trinajstić information content (AvgIpc) is 3.37. The molecule has 38 heavy (non-hydrogen) atoms. The molecule has 1 unspecified atom stereocenters. The number of halogens is 2. The van der Waals surface area contributed by atoms with E-state index in [-0.39, 0.29) is 18.7 Å². The number of carbonyl (C=O) groups excluding carboxylic acids is 1. The lowest BCUT2D eigenvalue weighted by molar-refractivity contribution is -0.146. The standard InChI is InChI=1S/C27H29Cl2N5O4/c1-3-36-23-14-17(12-13-22(23)37-15-19-20(28)10-7-11-21(19)29)25-24(16(2)30-27-31-32-33-34(25)27)26(35)38-18-8-5-4-6-9-18/h7,10-14,18,25H,3-6,8-9,15H2,1-2H3,(H,30,31,33). The van der Waals surface area contributed by atoms with Crippen LogP contribution < -0.4 is 14.8 Å². The van der Waals surface area contributed by atoms with Gasteiger partial charge in [-0.05, 0) is 79.8 Å². The van der Waals surface area contributed by atoms with Crippen molar-refractivity contribution in [3.63, 3.8) is 0 Å². The van der Waals surface area contributed by atoms with Crippen molar-refractivity contribution in [2.75, 3.05) is 11.9 Å². The number of anilines is 1. The highest BCUT2D eigenvalue weighted by atomic mass is 35.5. The molecule has 11 heteroatoms. The average molecular weight is 558 g/mol. The monoisotopic (exact) mass is 557 g/mol. The minimum absolute atomic E-state index is 0.0844. The van der Waals surface area contributed by atoms with Gasteiger partial charge in [-0.15, -0.1) is 0 Å². The first-order chi connectivity index (χ1) is 18.5. The molecule has 1 saturated carbocycles. The van der Waals surface area contributed by atoms with Crippen LogP contribution in [0.3, 0.4) is 0 Å². The first-order valence-electron chi connectivity index (χ1n) is 12.7. The summed E-state index contributed by atoms with van der Waals surface area (Å²) >= 11 is 12.6. The fourth-order valence-corrected chi connectivity index (χ4v) is 5.39. The van der Waals surface area contributed by atoms with Crippen LogP contribution in [0.25, 0.3) is 0 Å². The Morgan fingerprint density at radius 3 is 2.58 bits per heavy atom. The number of benzene rings is 2. The summed E-state index contributed by atoms with van der Waals surface area (Å²) in [5.74, 6) is 1.09. The summed E-state index contributed by atoms with van der Waals surface area (Å²) < 4.78 is 19.5. The van der Waals surface area contributed by atoms with Gasteiger partial charge in [0, 0.05) is 21.3 Å². The molecule has 2 aromatic carbocycles. The van der Waals surface area contributed by atoms with Crippen LogP contribution >= 0.6 is 23.2 Å². The highest BCUT2D eigenvalue weighted by Gasteiger charge is 2.36. The third-order valence-corrected chi connectivity index (χ3v) is 7.49. The van der Waals surface area contributed by atoms with Crippen molar-refractivity contribution in [3.05, 3.63) is 68.8 Å². The van der Waals surface area contributed by atoms with E-state index in [1.807, 2.05) is 26.0 Å². The van der Waals surface area contributed by atoms with Crippen molar-refractivity contribution >= 4 is 35.1 Å². The maximum atomic E-state index is 13.5. The van der Waals surface area contributed by atoms with E-state index in [4.69, 9.17) is 37.4 Å². The quantitative estimate of drug-likeness (QED) is 0.330. The fraction of sp³-hybridized carbons (Fsp3) is 0.407. The number of nitrogens with zero attached hydrogens (tertiary/aromatic N) is 4. The summed E-state index contributed by atoms with van der Waals surface area (Å²) in [7, 11) is 0. The Morgan fingerprint density at radius 2 is 1.84 bits per heavy atom. The molecule has 1 atom stereocenters. The Kier molecular flexibility index (Phi) is 8.04. The maximum absolute atomic E-state index is 13.5. The summed E-state index contributed by atoms with van der Waals surface area (Å²) in [4.78, 5) is 13.5. The molecule has 9 nitrogen and oxygen atoms in total. The molecule has 1 N–H and O–H groups in total. The zero-order valence-corrected chi connectivity index (χ0v) is 22.8. The molecule has 1 aliphatic carbocycles. The van der Waals surface area contributed by atoms with Crippen LogP contribution in [0.2, 0.25) is 10.0 Å². The Balaban J connectivity index is 1.47. The van der Waals surface area contributed by atoms with Gasteiger partial charge in [0.2, 0.25) is 5.95 Å². The first kappa shape index (κ1) is 26.3. The van der Waals surface area contributed by atoms with Gasteiger partial charge >= 0.3 is 5.97 Å². The number of carbonyl (C=O) groups is 1. The molecule has 2 aliphatic rings. The second-order valence-electron chi connectivity index (χ2n) is 9.31. The molecule has 0 saturated heterocycles. The van der Waals surface area contributed by atoms with Crippen molar-refractivity contribution in [2.45, 2.75) is 64.7 Å². The molecule has 0 radical (unpaired) electrons. The molecule has 0 amide bonds. The number of allylic oxidation sites excluding steroid dienone is 1. The number of esters is 1. The van der Waals surface area contributed by atoms with E-state index in [1.165, 1.54) is 6.42 Å². The highest BCUT2D eigenvalue weighted by molar-refractivity contribution is 6.35. The minimum atomic E-state index is -0.608. The number of ether oxygens (including phenoxy) is 3. The van der Waals surface area contributed by atoms with Gasteiger partial charge in [0.15, 0.2) is 11.5 Å². The van der Waals surface area contributed by atoms with E-state index in [9.17, 15) is 4.79 Å². The van der Waals surface area contributed by atoms with Crippen LogP contribution in [-0.4, -0.2) is 38.9 Å². The Morgan fingerprint density at radius 1 is 1.08 bits per heavy atom. The Labute approximate surface area is 231 Å². The van der Waals surface area contributed by atoms with E-state index in [0.717, 1.165) is 31.2 Å². The molecule has 2 heterocycles. The summed E-state index contributed by atoms with van der Waals surface area (Å²) in [6.45, 7) is 4.31. The van der Waals surface area contributed by atoms with Gasteiger partial charge in [0.05, 0.1) is 12.2 Å². The topological polar surface area (TPSA) is 100 Å². The van der Waals surface area contributed by atoms with E-state index in [1.54, 1.807) is 28.9 Å². The normalized spacial score (nSPS) is 17.5. The molecule has 5 rings (SSSR count). The van der Waals surface area contributed by atoms with Gasteiger partial charge in [-0.3, -0.25) is 0 Å². The minimum Gasteiger partial charge on any atom is -0.490 e. The van der Waals surface area contributed by atoms with Gasteiger partial charge in [-0.25, -0.2) is 4.79 Å². The predicted octanol–water partition coefficient (Wildman–Crippen LogP) is 6.12. The fourth-order valence-electron chi connectivity index (χ4n) is 4.89. The number of nitrogens with one attached hydrogen (secondary N) is 1. The summed E-state index contributed by atoms with van der Waals surface area (Å²) in [6.07, 6.45) is 4.97. The van der Waals surface area contributed by atoms with Crippen molar-refractivity contribution in [2.24, 2.45) is 0 Å². The molecule has 200 valence electrons. The zero-order valence-electron chi connectivity index (χ0n) is 21.2. The lowest BCUT2D eigenvalue weighted by atomic mass is 9.94. The van der Waals surface area contributed by atoms with Gasteiger partial charge in [-0.2, -0.15) is 4.68 Å². The second-order valence-corrected chi connectivity index (χ2v) is 10.1. The van der Waals surface area contributed by atoms with Crippen LogP contribution in [0, 0.1) is 0 Å². The van der Waals surface area contributed by atoms with Gasteiger partial charge in [0.1, 0.15) is 18.8 Å². The molecule has 1 fully saturated rings. The predicted molar refractivity (Wildman–Crippen MR) is 144 cm³/mol. The van der Waals surface area contributed by atoms with Gasteiger partial charge < -0.3 is 19.5 Å². The summed E-state index contributed by atoms with van der Waals surface area (Å²) in [6, 6.07) is 10.2. The number of rotatable bonds is 8. The third-order valence-electron chi connectivity index (χ3n) is 6.78. The van der Waals surface area contributed by atoms with Crippen molar-refractivity contribution in [1.82, 2.24) is 20.2 Å². The smallest absolute Gasteiger partial charge is 0.338 e. The molecule has 3 aromatic rings. The van der Waals surface area contributed by atoms with E-state index in [0.29, 0.717) is 50.9 Å². The lowest BCUT2D eigenvalue weighted by Gasteiger charge is -2.30. The van der Waals surface area contributed by atoms with Gasteiger partial charge in [0.25, 0.3) is 0 Å². The number of tetrazole rings is 1. The summed E-state index contributed by atoms with van der Waals surface area (Å²) in [5.41, 5.74) is 2.53. The Bertz CT molecular complexity index is 1330. The van der Waals surface area contributed by atoms with Crippen LogP contribution in [0.5, 0.6) is 11.5 Å². The van der Waals surface area contributed by atoms with Crippen LogP contribution in [0.4, 0.5) is 5.95 Å². The van der Waals surface area contributed by atoms with Gasteiger partial charge in [-0.1, -0.05) is 46.9 Å². The third kappa shape index (κ3) is 5.44. The van der Waals surface area contributed by atoms with Crippen molar-refractivity contribution < 1.29 is 19.0 Å². The SMILES string of the molecule is CCOc1cc(C2C(C(=O)OC3CCCCC3)=C(C)Nc3nnnn32)ccc1OCc1c(Cl)cccc1Cl. The number of hydrogen-bond donors (Lipinski definition) is 1. The largest absolute Gasteiger partial charge is 0.490 e. The van der Waals surface area contributed by atoms with Crippen LogP contribution in [0.1, 0.15) is 63.1 Å². The highest BCUT2D eigenvalue weighted by Crippen LogP contribution is 2.40. The van der Waals surface area contributed by atoms with Crippen molar-refractivity contribution in [1.29, 1.82) is 0 Å². The molecule has 1 aromatic heterocycles. The molecule has 0 bridgehead atoms. The lowest BCUT2D eigenvalue weighted by Crippen LogP contribution is -2.32. The Hall–Kier alpha value is -3.30. The van der Waals surface area contributed by atoms with E-state index >= 15 is 0 Å². The number of fused-ring (bicyclic) bond motifs is 1. The summed E-state index contributed by atoms with van der Waals surface area (Å²) in [5, 5.41) is 16.2. The van der Waals surface area contributed by atoms with Crippen LogP contribution in [-0.2, 0) is 16.1 Å². The molecular weight excluding hydrogens is 529 g/mol. The maximum Gasteiger partial charge on any atom is 0.338 e. The van der Waals surface area contributed by atoms with E-state index in [2.05, 4.69) is 20.8 Å². The first-order valence-corrected chi connectivity index (χ1v) is 13.5. The molecule has 1 aliphatic heterocycles. The number of aromatic nitrogens is 4. The molecular formula is C27H29Cl2N5O4. The zero-order chi connectivity index (χ0) is 26.6. The second kappa shape index (κ2) is 11.6.